The maximum Gasteiger partial charge on any atom is 0.255 e. The second-order valence-electron chi connectivity index (χ2n) is 1.44. The molecule has 1 rings (SSSR count). The predicted molar refractivity (Wildman–Crippen MR) is 40.9 cm³/mol. The fourth-order valence-electron chi connectivity index (χ4n) is 0.444. The molecule has 0 aliphatic carbocycles. The first kappa shape index (κ1) is 7.15. The first-order valence-corrected chi connectivity index (χ1v) is 4.76. The maximum absolute atomic E-state index is 5.03. The first-order chi connectivity index (χ1) is 4.36. The third kappa shape index (κ3) is 1.72. The van der Waals surface area contributed by atoms with Crippen LogP contribution in [-0.4, -0.2) is 11.2 Å². The van der Waals surface area contributed by atoms with E-state index in [4.69, 9.17) is 4.42 Å². The van der Waals surface area contributed by atoms with Crippen molar-refractivity contribution in [2.24, 2.45) is 0 Å². The Kier molecular flexibility index (Phi) is 2.60. The van der Waals surface area contributed by atoms with Gasteiger partial charge in [0, 0.05) is 5.33 Å². The molecule has 4 heteroatoms. The highest BCUT2D eigenvalue weighted by Crippen LogP contribution is 2.14. The molecule has 0 fully saturated rings. The molecule has 2 nitrogen and oxygen atoms in total. The SMILES string of the molecule is CSc1nc(CBr)co1. The molecule has 50 valence electrons. The van der Waals surface area contributed by atoms with Crippen LogP contribution in [-0.2, 0) is 5.33 Å². The number of hydrogen-bond acceptors (Lipinski definition) is 3. The Morgan fingerprint density at radius 3 is 3.00 bits per heavy atom. The molecule has 0 spiro atoms. The van der Waals surface area contributed by atoms with Crippen LogP contribution in [0, 0.1) is 0 Å². The van der Waals surface area contributed by atoms with Gasteiger partial charge in [0.1, 0.15) is 6.26 Å². The number of alkyl halides is 1. The van der Waals surface area contributed by atoms with Crippen molar-refractivity contribution < 1.29 is 4.42 Å². The fraction of sp³-hybridized carbons (Fsp3) is 0.400. The van der Waals surface area contributed by atoms with Gasteiger partial charge in [-0.15, -0.1) is 0 Å². The van der Waals surface area contributed by atoms with Gasteiger partial charge in [-0.3, -0.25) is 0 Å². The standard InChI is InChI=1S/C5H6BrNOS/c1-9-5-7-4(2-6)3-8-5/h3H,2H2,1H3. The van der Waals surface area contributed by atoms with Gasteiger partial charge in [-0.2, -0.15) is 0 Å². The van der Waals surface area contributed by atoms with Gasteiger partial charge in [0.2, 0.25) is 0 Å². The normalized spacial score (nSPS) is 10.0. The summed E-state index contributed by atoms with van der Waals surface area (Å²) >= 11 is 4.77. The number of aromatic nitrogens is 1. The summed E-state index contributed by atoms with van der Waals surface area (Å²) in [5.74, 6) is 0. The van der Waals surface area contributed by atoms with E-state index in [1.807, 2.05) is 6.26 Å². The second kappa shape index (κ2) is 3.27. The number of oxazole rings is 1. The summed E-state index contributed by atoms with van der Waals surface area (Å²) in [5.41, 5.74) is 0.944. The maximum atomic E-state index is 5.03. The van der Waals surface area contributed by atoms with E-state index < -0.39 is 0 Å². The third-order valence-electron chi connectivity index (χ3n) is 0.842. The van der Waals surface area contributed by atoms with Gasteiger partial charge >= 0.3 is 0 Å². The molecule has 1 aromatic heterocycles. The number of halogens is 1. The highest BCUT2D eigenvalue weighted by Gasteiger charge is 1.98. The van der Waals surface area contributed by atoms with Gasteiger partial charge in [0.25, 0.3) is 5.22 Å². The van der Waals surface area contributed by atoms with Crippen LogP contribution in [0.5, 0.6) is 0 Å². The minimum Gasteiger partial charge on any atom is -0.440 e. The molecule has 0 unspecified atom stereocenters. The average molecular weight is 208 g/mol. The van der Waals surface area contributed by atoms with Crippen LogP contribution in [0.25, 0.3) is 0 Å². The number of nitrogens with zero attached hydrogens (tertiary/aromatic N) is 1. The minimum atomic E-state index is 0.726. The molecule has 0 aliphatic heterocycles. The Morgan fingerprint density at radius 1 is 1.89 bits per heavy atom. The lowest BCUT2D eigenvalue weighted by molar-refractivity contribution is 0.454. The van der Waals surface area contributed by atoms with Gasteiger partial charge in [0.05, 0.1) is 5.69 Å². The first-order valence-electron chi connectivity index (χ1n) is 2.41. The molecule has 0 aromatic carbocycles. The molecule has 1 heterocycles. The van der Waals surface area contributed by atoms with E-state index in [2.05, 4.69) is 20.9 Å². The Balaban J connectivity index is 2.74. The van der Waals surface area contributed by atoms with Crippen LogP contribution in [0.2, 0.25) is 0 Å². The molecule has 0 saturated heterocycles. The van der Waals surface area contributed by atoms with Crippen LogP contribution < -0.4 is 0 Å². The largest absolute Gasteiger partial charge is 0.440 e. The minimum absolute atomic E-state index is 0.726. The molecule has 0 aliphatic rings. The summed E-state index contributed by atoms with van der Waals surface area (Å²) in [5, 5.41) is 1.49. The van der Waals surface area contributed by atoms with Gasteiger partial charge in [-0.1, -0.05) is 27.7 Å². The topological polar surface area (TPSA) is 26.0 Å². The smallest absolute Gasteiger partial charge is 0.255 e. The van der Waals surface area contributed by atoms with Crippen molar-refractivity contribution in [1.29, 1.82) is 0 Å². The number of rotatable bonds is 2. The Bertz CT molecular complexity index is 170. The molecule has 0 bridgehead atoms. The highest BCUT2D eigenvalue weighted by atomic mass is 79.9. The molecule has 0 N–H and O–H groups in total. The molecule has 1 aromatic rings. The van der Waals surface area contributed by atoms with Crippen LogP contribution >= 0.6 is 27.7 Å². The number of hydrogen-bond donors (Lipinski definition) is 0. The molecule has 0 amide bonds. The van der Waals surface area contributed by atoms with Gasteiger partial charge in [-0.25, -0.2) is 4.98 Å². The van der Waals surface area contributed by atoms with E-state index in [0.29, 0.717) is 0 Å². The Morgan fingerprint density at radius 2 is 2.67 bits per heavy atom. The predicted octanol–water partition coefficient (Wildman–Crippen LogP) is 2.29. The quantitative estimate of drug-likeness (QED) is 0.550. The van der Waals surface area contributed by atoms with Crippen molar-refractivity contribution in [3.05, 3.63) is 12.0 Å². The van der Waals surface area contributed by atoms with E-state index in [1.165, 1.54) is 11.8 Å². The molecule has 9 heavy (non-hydrogen) atoms. The van der Waals surface area contributed by atoms with Gasteiger partial charge < -0.3 is 4.42 Å². The lowest BCUT2D eigenvalue weighted by atomic mass is 10.6. The summed E-state index contributed by atoms with van der Waals surface area (Å²) in [7, 11) is 0. The molecular weight excluding hydrogens is 202 g/mol. The van der Waals surface area contributed by atoms with Crippen molar-refractivity contribution in [3.8, 4) is 0 Å². The average Bonchev–Trinajstić information content (AvgIpc) is 2.34. The van der Waals surface area contributed by atoms with E-state index in [-0.39, 0.29) is 0 Å². The summed E-state index contributed by atoms with van der Waals surface area (Å²) in [6.45, 7) is 0. The summed E-state index contributed by atoms with van der Waals surface area (Å²) < 4.78 is 5.03. The summed E-state index contributed by atoms with van der Waals surface area (Å²) in [6, 6.07) is 0. The van der Waals surface area contributed by atoms with Crippen LogP contribution in [0.4, 0.5) is 0 Å². The van der Waals surface area contributed by atoms with Crippen LogP contribution in [0.3, 0.4) is 0 Å². The monoisotopic (exact) mass is 207 g/mol. The molecule has 0 saturated carbocycles. The highest BCUT2D eigenvalue weighted by molar-refractivity contribution is 9.08. The second-order valence-corrected chi connectivity index (χ2v) is 2.76. The van der Waals surface area contributed by atoms with Crippen molar-refractivity contribution in [3.63, 3.8) is 0 Å². The van der Waals surface area contributed by atoms with E-state index >= 15 is 0 Å². The van der Waals surface area contributed by atoms with Crippen molar-refractivity contribution in [2.45, 2.75) is 10.6 Å². The molecule has 0 atom stereocenters. The third-order valence-corrected chi connectivity index (χ3v) is 1.95. The lowest BCUT2D eigenvalue weighted by Gasteiger charge is -1.79. The van der Waals surface area contributed by atoms with Crippen molar-refractivity contribution >= 4 is 27.7 Å². The fourth-order valence-corrected chi connectivity index (χ4v) is 1.05. The van der Waals surface area contributed by atoms with Crippen molar-refractivity contribution in [1.82, 2.24) is 4.98 Å². The van der Waals surface area contributed by atoms with Crippen LogP contribution in [0.1, 0.15) is 5.69 Å². The molecular formula is C5H6BrNOS. The number of thioether (sulfide) groups is 1. The van der Waals surface area contributed by atoms with Crippen molar-refractivity contribution in [2.75, 3.05) is 6.26 Å². The van der Waals surface area contributed by atoms with Gasteiger partial charge in [0.15, 0.2) is 0 Å². The van der Waals surface area contributed by atoms with E-state index in [1.54, 1.807) is 6.26 Å². The Labute approximate surface area is 66.2 Å². The zero-order valence-corrected chi connectivity index (χ0v) is 7.33. The van der Waals surface area contributed by atoms with Gasteiger partial charge in [-0.05, 0) is 6.26 Å². The zero-order valence-electron chi connectivity index (χ0n) is 4.93. The Hall–Kier alpha value is 0.0400. The van der Waals surface area contributed by atoms with E-state index in [0.717, 1.165) is 16.2 Å². The molecule has 0 radical (unpaired) electrons. The summed E-state index contributed by atoms with van der Waals surface area (Å²) in [6.07, 6.45) is 3.59. The van der Waals surface area contributed by atoms with Crippen LogP contribution in [0.15, 0.2) is 15.9 Å². The van der Waals surface area contributed by atoms with E-state index in [9.17, 15) is 0 Å². The zero-order chi connectivity index (χ0) is 6.69. The summed E-state index contributed by atoms with van der Waals surface area (Å²) in [4.78, 5) is 4.10. The lowest BCUT2D eigenvalue weighted by Crippen LogP contribution is -1.73.